The Morgan fingerprint density at radius 3 is 2.48 bits per heavy atom. The van der Waals surface area contributed by atoms with Crippen molar-refractivity contribution in [3.8, 4) is 0 Å². The summed E-state index contributed by atoms with van der Waals surface area (Å²) in [5, 5.41) is 9.43. The lowest BCUT2D eigenvalue weighted by Gasteiger charge is -2.16. The van der Waals surface area contributed by atoms with Crippen molar-refractivity contribution in [1.29, 1.82) is 0 Å². The first-order valence-corrected chi connectivity index (χ1v) is 7.76. The molecule has 1 aromatic carbocycles. The van der Waals surface area contributed by atoms with Crippen molar-refractivity contribution in [3.63, 3.8) is 0 Å². The Balaban J connectivity index is 1.66. The molecular weight excluding hydrogens is 288 g/mol. The Morgan fingerprint density at radius 1 is 1.17 bits per heavy atom. The summed E-state index contributed by atoms with van der Waals surface area (Å²) < 4.78 is 0. The number of rotatable bonds is 4. The van der Waals surface area contributed by atoms with Crippen LogP contribution in [0.1, 0.15) is 42.2 Å². The topological polar surface area (TPSA) is 57.6 Å². The number of benzene rings is 1. The summed E-state index contributed by atoms with van der Waals surface area (Å²) in [5.41, 5.74) is 3.83. The molecule has 0 saturated heterocycles. The number of hydrogen-bond acceptors (Lipinski definition) is 4. The molecule has 2 aromatic rings. The molecule has 0 unspecified atom stereocenters. The van der Waals surface area contributed by atoms with Gasteiger partial charge in [-0.2, -0.15) is 5.10 Å². The average Bonchev–Trinajstić information content (AvgIpc) is 3.02. The Bertz CT molecular complexity index is 710. The van der Waals surface area contributed by atoms with Crippen LogP contribution in [-0.4, -0.2) is 23.1 Å². The SMILES string of the molecule is CC1=NN(c2ccc(C(=O)N[C@H](C)c3ccncc3)cc2)CC1. The summed E-state index contributed by atoms with van der Waals surface area (Å²) in [4.78, 5) is 16.3. The van der Waals surface area contributed by atoms with Crippen molar-refractivity contribution < 1.29 is 4.79 Å². The number of hydrazone groups is 1. The van der Waals surface area contributed by atoms with Gasteiger partial charge >= 0.3 is 0 Å². The molecule has 1 aromatic heterocycles. The predicted octanol–water partition coefficient (Wildman–Crippen LogP) is 3.16. The Labute approximate surface area is 136 Å². The molecular formula is C18H20N4O. The summed E-state index contributed by atoms with van der Waals surface area (Å²) >= 11 is 0. The molecule has 2 heterocycles. The number of anilines is 1. The van der Waals surface area contributed by atoms with E-state index < -0.39 is 0 Å². The third-order valence-corrected chi connectivity index (χ3v) is 3.96. The van der Waals surface area contributed by atoms with Crippen LogP contribution in [0.2, 0.25) is 0 Å². The van der Waals surface area contributed by atoms with Gasteiger partial charge in [-0.25, -0.2) is 0 Å². The molecule has 3 rings (SSSR count). The van der Waals surface area contributed by atoms with E-state index in [-0.39, 0.29) is 11.9 Å². The molecule has 0 aliphatic carbocycles. The van der Waals surface area contributed by atoms with E-state index in [1.807, 2.05) is 55.3 Å². The molecule has 1 amide bonds. The number of aromatic nitrogens is 1. The molecule has 5 heteroatoms. The summed E-state index contributed by atoms with van der Waals surface area (Å²) in [6, 6.07) is 11.3. The van der Waals surface area contributed by atoms with E-state index >= 15 is 0 Å². The van der Waals surface area contributed by atoms with Gasteiger partial charge in [0.05, 0.1) is 11.7 Å². The van der Waals surface area contributed by atoms with Crippen LogP contribution in [0.4, 0.5) is 5.69 Å². The molecule has 23 heavy (non-hydrogen) atoms. The second-order valence-corrected chi connectivity index (χ2v) is 5.73. The Kier molecular flexibility index (Phi) is 4.37. The maximum atomic E-state index is 12.3. The Morgan fingerprint density at radius 2 is 1.87 bits per heavy atom. The quantitative estimate of drug-likeness (QED) is 0.944. The first-order chi connectivity index (χ1) is 11.1. The third-order valence-electron chi connectivity index (χ3n) is 3.96. The van der Waals surface area contributed by atoms with Crippen LogP contribution in [-0.2, 0) is 0 Å². The van der Waals surface area contributed by atoms with Gasteiger partial charge in [0.1, 0.15) is 0 Å². The fourth-order valence-electron chi connectivity index (χ4n) is 2.56. The monoisotopic (exact) mass is 308 g/mol. The Hall–Kier alpha value is -2.69. The molecule has 0 spiro atoms. The lowest BCUT2D eigenvalue weighted by atomic mass is 10.1. The second kappa shape index (κ2) is 6.60. The standard InChI is InChI=1S/C18H20N4O/c1-13-9-12-22(21-13)17-5-3-16(4-6-17)18(23)20-14(2)15-7-10-19-11-8-15/h3-8,10-11,14H,9,12H2,1-2H3,(H,20,23)/t14-/m1/s1. The zero-order valence-corrected chi connectivity index (χ0v) is 13.4. The van der Waals surface area contributed by atoms with Gasteiger partial charge in [-0.1, -0.05) is 0 Å². The largest absolute Gasteiger partial charge is 0.346 e. The van der Waals surface area contributed by atoms with E-state index in [1.54, 1.807) is 12.4 Å². The van der Waals surface area contributed by atoms with Crippen molar-refractivity contribution in [2.75, 3.05) is 11.6 Å². The van der Waals surface area contributed by atoms with Crippen LogP contribution in [0, 0.1) is 0 Å². The van der Waals surface area contributed by atoms with Crippen molar-refractivity contribution in [3.05, 3.63) is 59.9 Å². The van der Waals surface area contributed by atoms with Gasteiger partial charge in [0, 0.05) is 36.6 Å². The number of carbonyl (C=O) groups is 1. The summed E-state index contributed by atoms with van der Waals surface area (Å²) in [5.74, 6) is -0.0815. The van der Waals surface area contributed by atoms with E-state index in [0.717, 1.165) is 29.9 Å². The van der Waals surface area contributed by atoms with Gasteiger partial charge in [0.15, 0.2) is 0 Å². The normalized spacial score (nSPS) is 15.2. The first-order valence-electron chi connectivity index (χ1n) is 7.76. The van der Waals surface area contributed by atoms with Crippen LogP contribution < -0.4 is 10.3 Å². The highest BCUT2D eigenvalue weighted by molar-refractivity contribution is 5.95. The zero-order chi connectivity index (χ0) is 16.2. The molecule has 118 valence electrons. The minimum absolute atomic E-state index is 0.0593. The highest BCUT2D eigenvalue weighted by atomic mass is 16.1. The molecule has 0 radical (unpaired) electrons. The van der Waals surface area contributed by atoms with E-state index in [0.29, 0.717) is 5.56 Å². The van der Waals surface area contributed by atoms with Gasteiger partial charge < -0.3 is 5.32 Å². The van der Waals surface area contributed by atoms with E-state index in [2.05, 4.69) is 15.4 Å². The van der Waals surface area contributed by atoms with Crippen LogP contribution >= 0.6 is 0 Å². The maximum Gasteiger partial charge on any atom is 0.251 e. The number of pyridine rings is 1. The lowest BCUT2D eigenvalue weighted by Crippen LogP contribution is -2.26. The predicted molar refractivity (Wildman–Crippen MR) is 91.6 cm³/mol. The fourth-order valence-corrected chi connectivity index (χ4v) is 2.56. The van der Waals surface area contributed by atoms with Crippen molar-refractivity contribution in [2.45, 2.75) is 26.3 Å². The van der Waals surface area contributed by atoms with Crippen molar-refractivity contribution >= 4 is 17.3 Å². The molecule has 5 nitrogen and oxygen atoms in total. The second-order valence-electron chi connectivity index (χ2n) is 5.73. The first kappa shape index (κ1) is 15.2. The third kappa shape index (κ3) is 3.56. The lowest BCUT2D eigenvalue weighted by molar-refractivity contribution is 0.0940. The molecule has 0 bridgehead atoms. The van der Waals surface area contributed by atoms with Gasteiger partial charge in [0.25, 0.3) is 5.91 Å². The molecule has 1 N–H and O–H groups in total. The molecule has 1 aliphatic heterocycles. The minimum atomic E-state index is -0.0815. The molecule has 1 aliphatic rings. The highest BCUT2D eigenvalue weighted by Crippen LogP contribution is 2.20. The number of carbonyl (C=O) groups excluding carboxylic acids is 1. The van der Waals surface area contributed by atoms with Crippen molar-refractivity contribution in [2.24, 2.45) is 5.10 Å². The molecule has 1 atom stereocenters. The fraction of sp³-hybridized carbons (Fsp3) is 0.278. The molecule has 0 saturated carbocycles. The number of nitrogens with one attached hydrogen (secondary N) is 1. The van der Waals surface area contributed by atoms with Gasteiger partial charge in [-0.3, -0.25) is 14.8 Å². The summed E-state index contributed by atoms with van der Waals surface area (Å²) in [7, 11) is 0. The van der Waals surface area contributed by atoms with Gasteiger partial charge in [-0.05, 0) is 55.8 Å². The van der Waals surface area contributed by atoms with Crippen molar-refractivity contribution in [1.82, 2.24) is 10.3 Å². The number of nitrogens with zero attached hydrogens (tertiary/aromatic N) is 3. The van der Waals surface area contributed by atoms with Gasteiger partial charge in [0.2, 0.25) is 0 Å². The van der Waals surface area contributed by atoms with E-state index in [1.165, 1.54) is 0 Å². The average molecular weight is 308 g/mol. The van der Waals surface area contributed by atoms with E-state index in [9.17, 15) is 4.79 Å². The maximum absolute atomic E-state index is 12.3. The highest BCUT2D eigenvalue weighted by Gasteiger charge is 2.14. The van der Waals surface area contributed by atoms with Crippen LogP contribution in [0.5, 0.6) is 0 Å². The summed E-state index contributed by atoms with van der Waals surface area (Å²) in [6.45, 7) is 4.89. The zero-order valence-electron chi connectivity index (χ0n) is 13.4. The number of amides is 1. The number of hydrogen-bond donors (Lipinski definition) is 1. The smallest absolute Gasteiger partial charge is 0.251 e. The van der Waals surface area contributed by atoms with Crippen LogP contribution in [0.3, 0.4) is 0 Å². The van der Waals surface area contributed by atoms with E-state index in [4.69, 9.17) is 0 Å². The minimum Gasteiger partial charge on any atom is -0.346 e. The van der Waals surface area contributed by atoms with Crippen LogP contribution in [0.25, 0.3) is 0 Å². The van der Waals surface area contributed by atoms with Gasteiger partial charge in [-0.15, -0.1) is 0 Å². The van der Waals surface area contributed by atoms with Crippen LogP contribution in [0.15, 0.2) is 53.9 Å². The molecule has 0 fully saturated rings. The summed E-state index contributed by atoms with van der Waals surface area (Å²) in [6.07, 6.45) is 4.45.